The van der Waals surface area contributed by atoms with Gasteiger partial charge in [-0.05, 0) is 35.9 Å². The summed E-state index contributed by atoms with van der Waals surface area (Å²) in [7, 11) is 1.70. The molecule has 7 heteroatoms. The first-order chi connectivity index (χ1) is 16.5. The van der Waals surface area contributed by atoms with E-state index >= 15 is 0 Å². The van der Waals surface area contributed by atoms with Gasteiger partial charge >= 0.3 is 0 Å². The lowest BCUT2D eigenvalue weighted by atomic mass is 10.1. The van der Waals surface area contributed by atoms with Gasteiger partial charge in [0.05, 0.1) is 30.5 Å². The van der Waals surface area contributed by atoms with Gasteiger partial charge < -0.3 is 9.64 Å². The Labute approximate surface area is 204 Å². The smallest absolute Gasteiger partial charge is 0.263 e. The van der Waals surface area contributed by atoms with Crippen LogP contribution in [0.4, 0.5) is 5.69 Å². The zero-order valence-electron chi connectivity index (χ0n) is 19.0. The Morgan fingerprint density at radius 3 is 2.29 bits per heavy atom. The minimum absolute atomic E-state index is 0.232. The molecule has 0 bridgehead atoms. The molecule has 5 rings (SSSR count). The van der Waals surface area contributed by atoms with E-state index in [9.17, 15) is 9.59 Å². The Morgan fingerprint density at radius 2 is 1.56 bits per heavy atom. The maximum absolute atomic E-state index is 13.3. The van der Waals surface area contributed by atoms with Crippen molar-refractivity contribution < 1.29 is 14.3 Å². The number of methoxy groups -OCH3 is 1. The number of anilines is 1. The first-order valence-electron chi connectivity index (χ1n) is 11.4. The van der Waals surface area contributed by atoms with E-state index in [2.05, 4.69) is 15.9 Å². The highest BCUT2D eigenvalue weighted by Gasteiger charge is 2.38. The van der Waals surface area contributed by atoms with E-state index in [0.29, 0.717) is 16.1 Å². The number of hydrogen-bond acceptors (Lipinski definition) is 5. The fourth-order valence-corrected chi connectivity index (χ4v) is 4.84. The number of hydrogen-bond donors (Lipinski definition) is 0. The topological polar surface area (TPSA) is 53.1 Å². The highest BCUT2D eigenvalue weighted by Crippen LogP contribution is 2.33. The summed E-state index contributed by atoms with van der Waals surface area (Å²) in [6, 6.07) is 20.9. The lowest BCUT2D eigenvalue weighted by Gasteiger charge is -2.36. The highest BCUT2D eigenvalue weighted by molar-refractivity contribution is 6.30. The molecule has 6 nitrogen and oxygen atoms in total. The van der Waals surface area contributed by atoms with Crippen LogP contribution >= 0.6 is 11.6 Å². The molecule has 0 spiro atoms. The SMILES string of the molecule is COc1ccccc1CN1CCN(c2cccc3c2C(=O)N(Cc2ccc(Cl)cc2)C3=O)CC1. The number of piperazine rings is 1. The van der Waals surface area contributed by atoms with E-state index in [-0.39, 0.29) is 18.4 Å². The Morgan fingerprint density at radius 1 is 0.824 bits per heavy atom. The lowest BCUT2D eigenvalue weighted by Crippen LogP contribution is -2.46. The molecule has 2 amide bonds. The van der Waals surface area contributed by atoms with Crippen LogP contribution in [0.5, 0.6) is 5.75 Å². The maximum atomic E-state index is 13.3. The van der Waals surface area contributed by atoms with Crippen molar-refractivity contribution in [2.24, 2.45) is 0 Å². The van der Waals surface area contributed by atoms with E-state index in [4.69, 9.17) is 16.3 Å². The van der Waals surface area contributed by atoms with Crippen LogP contribution in [-0.4, -0.2) is 54.9 Å². The molecular formula is C27H26ClN3O3. The summed E-state index contributed by atoms with van der Waals surface area (Å²) in [5.74, 6) is 0.421. The van der Waals surface area contributed by atoms with Gasteiger partial charge in [-0.15, -0.1) is 0 Å². The molecule has 3 aromatic carbocycles. The first-order valence-corrected chi connectivity index (χ1v) is 11.8. The van der Waals surface area contributed by atoms with Gasteiger partial charge in [0.2, 0.25) is 0 Å². The number of fused-ring (bicyclic) bond motifs is 1. The van der Waals surface area contributed by atoms with Crippen LogP contribution < -0.4 is 9.64 Å². The third-order valence-electron chi connectivity index (χ3n) is 6.53. The van der Waals surface area contributed by atoms with Gasteiger partial charge in [0.15, 0.2) is 0 Å². The summed E-state index contributed by atoms with van der Waals surface area (Å²) < 4.78 is 5.49. The number of amides is 2. The second kappa shape index (κ2) is 9.49. The van der Waals surface area contributed by atoms with Crippen molar-refractivity contribution in [3.8, 4) is 5.75 Å². The number of benzene rings is 3. The normalized spacial score (nSPS) is 16.2. The van der Waals surface area contributed by atoms with Crippen LogP contribution in [-0.2, 0) is 13.1 Å². The van der Waals surface area contributed by atoms with Crippen molar-refractivity contribution in [3.05, 3.63) is 94.0 Å². The second-order valence-corrected chi connectivity index (χ2v) is 9.03. The molecule has 174 valence electrons. The van der Waals surface area contributed by atoms with Crippen molar-refractivity contribution in [3.63, 3.8) is 0 Å². The third-order valence-corrected chi connectivity index (χ3v) is 6.78. The van der Waals surface area contributed by atoms with Gasteiger partial charge in [0.25, 0.3) is 11.8 Å². The van der Waals surface area contributed by atoms with E-state index in [1.54, 1.807) is 25.3 Å². The van der Waals surface area contributed by atoms with Crippen molar-refractivity contribution in [1.82, 2.24) is 9.80 Å². The third kappa shape index (κ3) is 4.27. The van der Waals surface area contributed by atoms with Crippen LogP contribution in [0.3, 0.4) is 0 Å². The van der Waals surface area contributed by atoms with Crippen molar-refractivity contribution in [1.29, 1.82) is 0 Å². The average Bonchev–Trinajstić information content (AvgIpc) is 3.11. The van der Waals surface area contributed by atoms with Crippen LogP contribution in [0, 0.1) is 0 Å². The molecule has 1 fully saturated rings. The summed E-state index contributed by atoms with van der Waals surface area (Å²) in [4.78, 5) is 32.3. The number of imide groups is 1. The Balaban J connectivity index is 1.30. The molecule has 2 aliphatic heterocycles. The zero-order chi connectivity index (χ0) is 23.7. The molecular weight excluding hydrogens is 450 g/mol. The number of ether oxygens (including phenoxy) is 1. The quantitative estimate of drug-likeness (QED) is 0.492. The number of halogens is 1. The summed E-state index contributed by atoms with van der Waals surface area (Å²) >= 11 is 5.97. The maximum Gasteiger partial charge on any atom is 0.263 e. The molecule has 2 aliphatic rings. The fourth-order valence-electron chi connectivity index (χ4n) is 4.72. The molecule has 0 saturated carbocycles. The number of para-hydroxylation sites is 1. The monoisotopic (exact) mass is 475 g/mol. The van der Waals surface area contributed by atoms with E-state index in [1.807, 2.05) is 42.5 Å². The van der Waals surface area contributed by atoms with Gasteiger partial charge in [-0.2, -0.15) is 0 Å². The number of carbonyl (C=O) groups excluding carboxylic acids is 2. The predicted molar refractivity (Wildman–Crippen MR) is 133 cm³/mol. The average molecular weight is 476 g/mol. The van der Waals surface area contributed by atoms with E-state index < -0.39 is 0 Å². The molecule has 0 aliphatic carbocycles. The Kier molecular flexibility index (Phi) is 6.26. The van der Waals surface area contributed by atoms with E-state index in [0.717, 1.165) is 55.3 Å². The Hall–Kier alpha value is -3.35. The lowest BCUT2D eigenvalue weighted by molar-refractivity contribution is 0.0642. The summed E-state index contributed by atoms with van der Waals surface area (Å²) in [5.41, 5.74) is 3.86. The molecule has 0 atom stereocenters. The summed E-state index contributed by atoms with van der Waals surface area (Å²) in [6.07, 6.45) is 0. The van der Waals surface area contributed by atoms with Gasteiger partial charge in [-0.1, -0.05) is 48.0 Å². The van der Waals surface area contributed by atoms with Crippen LogP contribution in [0.25, 0.3) is 0 Å². The molecule has 1 saturated heterocycles. The van der Waals surface area contributed by atoms with Gasteiger partial charge in [0.1, 0.15) is 5.75 Å². The highest BCUT2D eigenvalue weighted by atomic mass is 35.5. The molecule has 0 unspecified atom stereocenters. The largest absolute Gasteiger partial charge is 0.496 e. The van der Waals surface area contributed by atoms with Crippen LogP contribution in [0.1, 0.15) is 31.8 Å². The van der Waals surface area contributed by atoms with E-state index in [1.165, 1.54) is 4.90 Å². The Bertz CT molecular complexity index is 1220. The summed E-state index contributed by atoms with van der Waals surface area (Å²) in [6.45, 7) is 4.33. The molecule has 2 heterocycles. The minimum atomic E-state index is -0.244. The zero-order valence-corrected chi connectivity index (χ0v) is 19.8. The van der Waals surface area contributed by atoms with Crippen LogP contribution in [0.2, 0.25) is 5.02 Å². The van der Waals surface area contributed by atoms with Gasteiger partial charge in [0, 0.05) is 43.3 Å². The van der Waals surface area contributed by atoms with Gasteiger partial charge in [-0.25, -0.2) is 0 Å². The number of nitrogens with zero attached hydrogens (tertiary/aromatic N) is 3. The fraction of sp³-hybridized carbons (Fsp3) is 0.259. The standard InChI is InChI=1S/C27H26ClN3O3/c1-34-24-8-3-2-5-20(24)18-29-13-15-30(16-14-29)23-7-4-6-22-25(23)27(33)31(26(22)32)17-19-9-11-21(28)12-10-19/h2-12H,13-18H2,1H3. The van der Waals surface area contributed by atoms with Gasteiger partial charge in [-0.3, -0.25) is 19.4 Å². The number of carbonyl (C=O) groups is 2. The molecule has 34 heavy (non-hydrogen) atoms. The molecule has 0 radical (unpaired) electrons. The van der Waals surface area contributed by atoms with Crippen molar-refractivity contribution >= 4 is 29.1 Å². The molecule has 3 aromatic rings. The van der Waals surface area contributed by atoms with Crippen LogP contribution in [0.15, 0.2) is 66.7 Å². The summed E-state index contributed by atoms with van der Waals surface area (Å²) in [5, 5.41) is 0.623. The van der Waals surface area contributed by atoms with Crippen molar-refractivity contribution in [2.75, 3.05) is 38.2 Å². The number of rotatable bonds is 6. The first kappa shape index (κ1) is 22.4. The second-order valence-electron chi connectivity index (χ2n) is 8.60. The molecule has 0 N–H and O–H groups in total. The predicted octanol–water partition coefficient (Wildman–Crippen LogP) is 4.47. The van der Waals surface area contributed by atoms with Crippen molar-refractivity contribution in [2.45, 2.75) is 13.1 Å². The minimum Gasteiger partial charge on any atom is -0.496 e. The molecule has 0 aromatic heterocycles.